The summed E-state index contributed by atoms with van der Waals surface area (Å²) >= 11 is 3.42. The Morgan fingerprint density at radius 3 is 2.83 bits per heavy atom. The Kier molecular flexibility index (Phi) is 2.89. The van der Waals surface area contributed by atoms with E-state index < -0.39 is 0 Å². The molecule has 0 amide bonds. The van der Waals surface area contributed by atoms with Crippen molar-refractivity contribution in [3.63, 3.8) is 0 Å². The minimum atomic E-state index is 0.00895. The second-order valence-electron chi connectivity index (χ2n) is 3.99. The molecule has 0 fully saturated rings. The zero-order valence-corrected chi connectivity index (χ0v) is 11.0. The van der Waals surface area contributed by atoms with Gasteiger partial charge in [-0.2, -0.15) is 0 Å². The highest BCUT2D eigenvalue weighted by Crippen LogP contribution is 2.26. The van der Waals surface area contributed by atoms with Gasteiger partial charge in [0.15, 0.2) is 5.58 Å². The number of fused-ring (bicyclic) bond motifs is 1. The van der Waals surface area contributed by atoms with Crippen molar-refractivity contribution in [2.45, 2.75) is 6.61 Å². The predicted octanol–water partition coefficient (Wildman–Crippen LogP) is 3.75. The number of aliphatic hydroxyl groups excluding tert-OH is 1. The van der Waals surface area contributed by atoms with E-state index in [9.17, 15) is 0 Å². The first-order chi connectivity index (χ1) is 8.76. The number of hydrogen-bond acceptors (Lipinski definition) is 3. The topological polar surface area (TPSA) is 46.3 Å². The molecule has 4 heteroatoms. The highest BCUT2D eigenvalue weighted by atomic mass is 79.9. The van der Waals surface area contributed by atoms with Crippen LogP contribution in [0.4, 0.5) is 0 Å². The molecule has 0 unspecified atom stereocenters. The van der Waals surface area contributed by atoms with Crippen LogP contribution in [0.2, 0.25) is 0 Å². The minimum absolute atomic E-state index is 0.00895. The molecule has 0 aliphatic rings. The van der Waals surface area contributed by atoms with E-state index in [1.807, 2.05) is 42.5 Å². The van der Waals surface area contributed by atoms with Crippen LogP contribution < -0.4 is 0 Å². The first kappa shape index (κ1) is 11.4. The number of hydrogen-bond donors (Lipinski definition) is 1. The van der Waals surface area contributed by atoms with Crippen molar-refractivity contribution < 1.29 is 9.52 Å². The van der Waals surface area contributed by atoms with Gasteiger partial charge in [0.2, 0.25) is 5.89 Å². The third kappa shape index (κ3) is 2.05. The summed E-state index contributed by atoms with van der Waals surface area (Å²) in [5.74, 6) is 0.585. The monoisotopic (exact) mass is 303 g/mol. The van der Waals surface area contributed by atoms with Crippen LogP contribution in [0.25, 0.3) is 22.6 Å². The third-order valence-corrected chi connectivity index (χ3v) is 3.20. The number of aromatic nitrogens is 1. The van der Waals surface area contributed by atoms with Gasteiger partial charge in [0.05, 0.1) is 6.61 Å². The average Bonchev–Trinajstić information content (AvgIpc) is 2.81. The van der Waals surface area contributed by atoms with Crippen molar-refractivity contribution in [3.05, 3.63) is 52.5 Å². The Morgan fingerprint density at radius 1 is 1.17 bits per heavy atom. The van der Waals surface area contributed by atoms with Gasteiger partial charge < -0.3 is 9.52 Å². The molecule has 0 saturated heterocycles. The van der Waals surface area contributed by atoms with Crippen molar-refractivity contribution in [2.75, 3.05) is 0 Å². The Labute approximate surface area is 112 Å². The quantitative estimate of drug-likeness (QED) is 0.784. The fraction of sp³-hybridized carbons (Fsp3) is 0.0714. The maximum absolute atomic E-state index is 9.09. The summed E-state index contributed by atoms with van der Waals surface area (Å²) in [5.41, 5.74) is 3.24. The lowest BCUT2D eigenvalue weighted by molar-refractivity contribution is 0.282. The Bertz CT molecular complexity index is 706. The SMILES string of the molecule is OCc1ccc2oc(-c3cccc(Br)c3)nc2c1. The van der Waals surface area contributed by atoms with Crippen LogP contribution in [0, 0.1) is 0 Å². The van der Waals surface area contributed by atoms with E-state index in [1.54, 1.807) is 0 Å². The molecule has 90 valence electrons. The summed E-state index contributed by atoms with van der Waals surface area (Å²) in [4.78, 5) is 4.43. The molecule has 1 N–H and O–H groups in total. The molecule has 0 bridgehead atoms. The number of nitrogens with zero attached hydrogens (tertiary/aromatic N) is 1. The van der Waals surface area contributed by atoms with E-state index >= 15 is 0 Å². The molecule has 0 atom stereocenters. The van der Waals surface area contributed by atoms with Crippen molar-refractivity contribution in [3.8, 4) is 11.5 Å². The Morgan fingerprint density at radius 2 is 2.06 bits per heavy atom. The minimum Gasteiger partial charge on any atom is -0.436 e. The maximum Gasteiger partial charge on any atom is 0.227 e. The van der Waals surface area contributed by atoms with E-state index in [-0.39, 0.29) is 6.61 Å². The van der Waals surface area contributed by atoms with Crippen LogP contribution in [0.5, 0.6) is 0 Å². The number of rotatable bonds is 2. The highest BCUT2D eigenvalue weighted by Gasteiger charge is 2.08. The zero-order chi connectivity index (χ0) is 12.5. The molecule has 2 aromatic carbocycles. The summed E-state index contributed by atoms with van der Waals surface area (Å²) < 4.78 is 6.68. The molecule has 0 saturated carbocycles. The second kappa shape index (κ2) is 4.55. The van der Waals surface area contributed by atoms with Gasteiger partial charge in [0.25, 0.3) is 0 Å². The van der Waals surface area contributed by atoms with Gasteiger partial charge in [-0.05, 0) is 35.9 Å². The molecule has 3 aromatic rings. The van der Waals surface area contributed by atoms with Gasteiger partial charge in [-0.15, -0.1) is 0 Å². The fourth-order valence-electron chi connectivity index (χ4n) is 1.82. The third-order valence-electron chi connectivity index (χ3n) is 2.71. The van der Waals surface area contributed by atoms with E-state index in [4.69, 9.17) is 9.52 Å². The lowest BCUT2D eigenvalue weighted by atomic mass is 10.2. The smallest absolute Gasteiger partial charge is 0.227 e. The maximum atomic E-state index is 9.09. The molecule has 1 heterocycles. The van der Waals surface area contributed by atoms with Crippen molar-refractivity contribution in [1.82, 2.24) is 4.98 Å². The molecular weight excluding hydrogens is 294 g/mol. The molecule has 18 heavy (non-hydrogen) atoms. The first-order valence-corrected chi connectivity index (χ1v) is 6.32. The second-order valence-corrected chi connectivity index (χ2v) is 4.91. The number of aliphatic hydroxyl groups is 1. The zero-order valence-electron chi connectivity index (χ0n) is 9.43. The van der Waals surface area contributed by atoms with E-state index in [1.165, 1.54) is 0 Å². The predicted molar refractivity (Wildman–Crippen MR) is 73.1 cm³/mol. The fourth-order valence-corrected chi connectivity index (χ4v) is 2.22. The van der Waals surface area contributed by atoms with Crippen LogP contribution in [0.3, 0.4) is 0 Å². The van der Waals surface area contributed by atoms with Gasteiger partial charge in [-0.3, -0.25) is 0 Å². The van der Waals surface area contributed by atoms with Crippen molar-refractivity contribution in [1.29, 1.82) is 0 Å². The summed E-state index contributed by atoms with van der Waals surface area (Å²) in [5, 5.41) is 9.09. The molecule has 0 spiro atoms. The average molecular weight is 304 g/mol. The van der Waals surface area contributed by atoms with Crippen LogP contribution >= 0.6 is 15.9 Å². The normalized spacial score (nSPS) is 11.0. The molecule has 3 nitrogen and oxygen atoms in total. The summed E-state index contributed by atoms with van der Waals surface area (Å²) in [6, 6.07) is 13.3. The summed E-state index contributed by atoms with van der Waals surface area (Å²) in [6.45, 7) is 0.00895. The number of benzene rings is 2. The van der Waals surface area contributed by atoms with Crippen LogP contribution in [-0.2, 0) is 6.61 Å². The number of halogens is 1. The molecule has 0 radical (unpaired) electrons. The Hall–Kier alpha value is -1.65. The molecule has 1 aromatic heterocycles. The highest BCUT2D eigenvalue weighted by molar-refractivity contribution is 9.10. The van der Waals surface area contributed by atoms with Crippen molar-refractivity contribution >= 4 is 27.0 Å². The van der Waals surface area contributed by atoms with E-state index in [2.05, 4.69) is 20.9 Å². The standard InChI is InChI=1S/C14H10BrNO2/c15-11-3-1-2-10(7-11)14-16-12-6-9(8-17)4-5-13(12)18-14/h1-7,17H,8H2. The molecule has 0 aliphatic carbocycles. The number of oxazole rings is 1. The van der Waals surface area contributed by atoms with E-state index in [0.29, 0.717) is 5.89 Å². The molecule has 3 rings (SSSR count). The van der Waals surface area contributed by atoms with Crippen LogP contribution in [-0.4, -0.2) is 10.1 Å². The van der Waals surface area contributed by atoms with Crippen molar-refractivity contribution in [2.24, 2.45) is 0 Å². The van der Waals surface area contributed by atoms with Crippen LogP contribution in [0.1, 0.15) is 5.56 Å². The van der Waals surface area contributed by atoms with Gasteiger partial charge in [-0.25, -0.2) is 4.98 Å². The molecule has 0 aliphatic heterocycles. The Balaban J connectivity index is 2.13. The van der Waals surface area contributed by atoms with E-state index in [0.717, 1.165) is 26.7 Å². The molecular formula is C14H10BrNO2. The lowest BCUT2D eigenvalue weighted by Crippen LogP contribution is -1.81. The van der Waals surface area contributed by atoms with Gasteiger partial charge in [0, 0.05) is 10.0 Å². The lowest BCUT2D eigenvalue weighted by Gasteiger charge is -1.94. The largest absolute Gasteiger partial charge is 0.436 e. The first-order valence-electron chi connectivity index (χ1n) is 5.52. The summed E-state index contributed by atoms with van der Waals surface area (Å²) in [7, 11) is 0. The summed E-state index contributed by atoms with van der Waals surface area (Å²) in [6.07, 6.45) is 0. The van der Waals surface area contributed by atoms with Gasteiger partial charge >= 0.3 is 0 Å². The van der Waals surface area contributed by atoms with Gasteiger partial charge in [-0.1, -0.05) is 28.1 Å². The van der Waals surface area contributed by atoms with Gasteiger partial charge in [0.1, 0.15) is 5.52 Å². The van der Waals surface area contributed by atoms with Crippen LogP contribution in [0.15, 0.2) is 51.4 Å².